The number of halogens is 2. The molecule has 1 unspecified atom stereocenters. The third kappa shape index (κ3) is 4.77. The molecule has 2 N–H and O–H groups in total. The molecule has 1 heterocycles. The average molecular weight is 399 g/mol. The van der Waals surface area contributed by atoms with Crippen molar-refractivity contribution in [2.45, 2.75) is 26.9 Å². The van der Waals surface area contributed by atoms with Crippen molar-refractivity contribution in [2.24, 2.45) is 5.10 Å². The Bertz CT molecular complexity index is 924. The van der Waals surface area contributed by atoms with E-state index in [2.05, 4.69) is 10.5 Å². The molecule has 1 atom stereocenters. The molecule has 7 nitrogen and oxygen atoms in total. The summed E-state index contributed by atoms with van der Waals surface area (Å²) in [6.45, 7) is 4.48. The highest BCUT2D eigenvalue weighted by Crippen LogP contribution is 2.28. The minimum atomic E-state index is -0.923. The molecule has 1 aromatic carbocycles. The number of aromatic hydroxyl groups is 1. The zero-order chi connectivity index (χ0) is 19.4. The molecule has 26 heavy (non-hydrogen) atoms. The van der Waals surface area contributed by atoms with Crippen LogP contribution in [0, 0.1) is 6.92 Å². The number of amides is 1. The van der Waals surface area contributed by atoms with E-state index in [1.54, 1.807) is 12.1 Å². The Hall–Kier alpha value is -2.51. The summed E-state index contributed by atoms with van der Waals surface area (Å²) in [7, 11) is 0. The lowest BCUT2D eigenvalue weighted by molar-refractivity contribution is -0.127. The van der Waals surface area contributed by atoms with Gasteiger partial charge in [0.15, 0.2) is 6.10 Å². The smallest absolute Gasteiger partial charge is 0.348 e. The number of carbonyl (C=O) groups is 1. The van der Waals surface area contributed by atoms with Crippen LogP contribution in [0.2, 0.25) is 10.0 Å². The molecule has 138 valence electrons. The highest BCUT2D eigenvalue weighted by atomic mass is 35.5. The number of benzene rings is 1. The fourth-order valence-electron chi connectivity index (χ4n) is 2.03. The van der Waals surface area contributed by atoms with Crippen molar-refractivity contribution in [3.8, 4) is 11.5 Å². The van der Waals surface area contributed by atoms with Crippen molar-refractivity contribution in [1.82, 2.24) is 5.43 Å². The lowest BCUT2D eigenvalue weighted by atomic mass is 10.2. The zero-order valence-electron chi connectivity index (χ0n) is 14.2. The SMILES string of the molecule is CC(=NNC(=O)C(C)Oc1ccc(Cl)cc1Cl)c1c(O)cc(C)oc1=O. The molecule has 1 aromatic heterocycles. The third-order valence-electron chi connectivity index (χ3n) is 3.32. The fourth-order valence-corrected chi connectivity index (χ4v) is 2.48. The minimum Gasteiger partial charge on any atom is -0.507 e. The maximum Gasteiger partial charge on any atom is 0.348 e. The molecule has 0 aliphatic heterocycles. The highest BCUT2D eigenvalue weighted by Gasteiger charge is 2.17. The molecular weight excluding hydrogens is 383 g/mol. The number of rotatable bonds is 5. The van der Waals surface area contributed by atoms with Crippen LogP contribution in [0.25, 0.3) is 0 Å². The van der Waals surface area contributed by atoms with Gasteiger partial charge < -0.3 is 14.3 Å². The van der Waals surface area contributed by atoms with Gasteiger partial charge in [0.2, 0.25) is 0 Å². The van der Waals surface area contributed by atoms with Gasteiger partial charge in [0.1, 0.15) is 22.8 Å². The molecule has 0 aliphatic rings. The largest absolute Gasteiger partial charge is 0.507 e. The van der Waals surface area contributed by atoms with Crippen LogP contribution in [-0.4, -0.2) is 22.8 Å². The second-order valence-electron chi connectivity index (χ2n) is 5.41. The Balaban J connectivity index is 2.09. The Morgan fingerprint density at radius 2 is 2.04 bits per heavy atom. The van der Waals surface area contributed by atoms with Crippen molar-refractivity contribution >= 4 is 34.8 Å². The van der Waals surface area contributed by atoms with Crippen LogP contribution in [0.5, 0.6) is 11.5 Å². The molecule has 2 rings (SSSR count). The molecular formula is C17H16Cl2N2O5. The van der Waals surface area contributed by atoms with Crippen LogP contribution >= 0.6 is 23.2 Å². The third-order valence-corrected chi connectivity index (χ3v) is 3.85. The van der Waals surface area contributed by atoms with Crippen molar-refractivity contribution in [3.05, 3.63) is 56.1 Å². The Kier molecular flexibility index (Phi) is 6.28. The first-order valence-corrected chi connectivity index (χ1v) is 8.24. The van der Waals surface area contributed by atoms with Crippen LogP contribution in [-0.2, 0) is 4.79 Å². The van der Waals surface area contributed by atoms with Crippen LogP contribution in [0.1, 0.15) is 25.2 Å². The van der Waals surface area contributed by atoms with Gasteiger partial charge in [-0.25, -0.2) is 10.2 Å². The lowest BCUT2D eigenvalue weighted by Gasteiger charge is -2.14. The van der Waals surface area contributed by atoms with Crippen molar-refractivity contribution in [3.63, 3.8) is 0 Å². The molecule has 9 heteroatoms. The summed E-state index contributed by atoms with van der Waals surface area (Å²) in [6, 6.07) is 5.89. The van der Waals surface area contributed by atoms with Gasteiger partial charge in [-0.2, -0.15) is 5.10 Å². The van der Waals surface area contributed by atoms with Gasteiger partial charge >= 0.3 is 5.63 Å². The van der Waals surface area contributed by atoms with Gasteiger partial charge in [0.05, 0.1) is 10.7 Å². The van der Waals surface area contributed by atoms with Crippen molar-refractivity contribution in [1.29, 1.82) is 0 Å². The standard InChI is InChI=1S/C17H16Cl2N2O5/c1-8-6-13(22)15(17(24)25-8)9(2)20-21-16(23)10(3)26-14-5-4-11(18)7-12(14)19/h4-7,10,22H,1-3H3,(H,21,23). The molecule has 0 spiro atoms. The summed E-state index contributed by atoms with van der Waals surface area (Å²) in [5, 5.41) is 14.4. The number of carbonyl (C=O) groups excluding carboxylic acids is 1. The summed E-state index contributed by atoms with van der Waals surface area (Å²) in [5.41, 5.74) is 1.46. The van der Waals surface area contributed by atoms with E-state index in [0.717, 1.165) is 0 Å². The monoisotopic (exact) mass is 398 g/mol. The van der Waals surface area contributed by atoms with E-state index in [0.29, 0.717) is 5.02 Å². The van der Waals surface area contributed by atoms with E-state index in [1.807, 2.05) is 0 Å². The van der Waals surface area contributed by atoms with Gasteiger partial charge in [0, 0.05) is 11.1 Å². The number of hydrogen-bond acceptors (Lipinski definition) is 6. The van der Waals surface area contributed by atoms with Crippen molar-refractivity contribution < 1.29 is 19.1 Å². The fraction of sp³-hybridized carbons (Fsp3) is 0.235. The first-order valence-electron chi connectivity index (χ1n) is 7.49. The predicted molar refractivity (Wildman–Crippen MR) is 98.3 cm³/mol. The quantitative estimate of drug-likeness (QED) is 0.594. The van der Waals surface area contributed by atoms with Crippen molar-refractivity contribution in [2.75, 3.05) is 0 Å². The highest BCUT2D eigenvalue weighted by molar-refractivity contribution is 6.35. The second kappa shape index (κ2) is 8.25. The molecule has 0 bridgehead atoms. The van der Waals surface area contributed by atoms with Gasteiger partial charge in [-0.3, -0.25) is 4.79 Å². The number of nitrogens with one attached hydrogen (secondary N) is 1. The summed E-state index contributed by atoms with van der Waals surface area (Å²) in [5.74, 6) is -0.316. The molecule has 0 saturated carbocycles. The van der Waals surface area contributed by atoms with E-state index >= 15 is 0 Å². The number of nitrogens with zero attached hydrogens (tertiary/aromatic N) is 1. The summed E-state index contributed by atoms with van der Waals surface area (Å²) < 4.78 is 10.4. The maximum atomic E-state index is 12.1. The number of hydrazone groups is 1. The first-order chi connectivity index (χ1) is 12.2. The summed E-state index contributed by atoms with van der Waals surface area (Å²) in [6.07, 6.45) is -0.923. The van der Waals surface area contributed by atoms with E-state index < -0.39 is 17.6 Å². The number of hydrogen-bond donors (Lipinski definition) is 2. The van der Waals surface area contributed by atoms with E-state index in [9.17, 15) is 14.7 Å². The molecule has 0 saturated heterocycles. The van der Waals surface area contributed by atoms with Crippen LogP contribution in [0.3, 0.4) is 0 Å². The van der Waals surface area contributed by atoms with Gasteiger partial charge in [-0.15, -0.1) is 0 Å². The summed E-state index contributed by atoms with van der Waals surface area (Å²) in [4.78, 5) is 23.9. The van der Waals surface area contributed by atoms with Crippen LogP contribution in [0.15, 0.2) is 38.6 Å². The lowest BCUT2D eigenvalue weighted by Crippen LogP contribution is -2.34. The van der Waals surface area contributed by atoms with Gasteiger partial charge in [-0.05, 0) is 39.0 Å². The second-order valence-corrected chi connectivity index (χ2v) is 6.26. The van der Waals surface area contributed by atoms with Crippen LogP contribution < -0.4 is 15.8 Å². The normalized spacial score (nSPS) is 12.6. The van der Waals surface area contributed by atoms with E-state index in [4.69, 9.17) is 32.4 Å². The molecule has 0 fully saturated rings. The Morgan fingerprint density at radius 1 is 1.35 bits per heavy atom. The van der Waals surface area contributed by atoms with Gasteiger partial charge in [-0.1, -0.05) is 23.2 Å². The van der Waals surface area contributed by atoms with Crippen LogP contribution in [0.4, 0.5) is 0 Å². The Labute approximate surface area is 159 Å². The van der Waals surface area contributed by atoms with E-state index in [1.165, 1.54) is 32.9 Å². The maximum absolute atomic E-state index is 12.1. The predicted octanol–water partition coefficient (Wildman–Crippen LogP) is 3.27. The average Bonchev–Trinajstić information content (AvgIpc) is 2.54. The minimum absolute atomic E-state index is 0.0846. The molecule has 2 aromatic rings. The number of ether oxygens (including phenoxy) is 1. The summed E-state index contributed by atoms with van der Waals surface area (Å²) >= 11 is 11.8. The van der Waals surface area contributed by atoms with E-state index in [-0.39, 0.29) is 33.6 Å². The molecule has 0 aliphatic carbocycles. The zero-order valence-corrected chi connectivity index (χ0v) is 15.7. The molecule has 1 amide bonds. The molecule has 0 radical (unpaired) electrons. The Morgan fingerprint density at radius 3 is 2.65 bits per heavy atom. The number of aryl methyl sites for hydroxylation is 1. The van der Waals surface area contributed by atoms with Gasteiger partial charge in [0.25, 0.3) is 5.91 Å². The first kappa shape index (κ1) is 19.8. The topological polar surface area (TPSA) is 101 Å².